The van der Waals surface area contributed by atoms with Gasteiger partial charge in [0.05, 0.1) is 5.56 Å². The number of carbonyl (C=O) groups excluding carboxylic acids is 1. The summed E-state index contributed by atoms with van der Waals surface area (Å²) in [5.41, 5.74) is 2.69. The van der Waals surface area contributed by atoms with Gasteiger partial charge in [0, 0.05) is 43.4 Å². The summed E-state index contributed by atoms with van der Waals surface area (Å²) in [6.45, 7) is 5.06. The van der Waals surface area contributed by atoms with Crippen LogP contribution in [0, 0.1) is 5.92 Å². The zero-order valence-electron chi connectivity index (χ0n) is 17.6. The Balaban J connectivity index is 1.26. The fourth-order valence-corrected chi connectivity index (χ4v) is 5.73. The van der Waals surface area contributed by atoms with Crippen LogP contribution in [0.4, 0.5) is 0 Å². The Bertz CT molecular complexity index is 1090. The molecule has 2 fully saturated rings. The van der Waals surface area contributed by atoms with E-state index in [-0.39, 0.29) is 24.2 Å². The first-order valence-electron chi connectivity index (χ1n) is 11.3. The minimum atomic E-state index is -0.0153. The number of likely N-dealkylation sites (tertiary alicyclic amines) is 2. The van der Waals surface area contributed by atoms with Crippen molar-refractivity contribution in [3.8, 4) is 11.5 Å². The van der Waals surface area contributed by atoms with Crippen molar-refractivity contribution in [2.75, 3.05) is 33.0 Å². The Morgan fingerprint density at radius 3 is 2.77 bits per heavy atom. The summed E-state index contributed by atoms with van der Waals surface area (Å²) >= 11 is 0. The lowest BCUT2D eigenvalue weighted by Gasteiger charge is -2.43. The monoisotopic (exact) mass is 421 g/mol. The van der Waals surface area contributed by atoms with Crippen molar-refractivity contribution in [1.82, 2.24) is 14.4 Å². The van der Waals surface area contributed by atoms with Crippen molar-refractivity contribution in [1.29, 1.82) is 0 Å². The second-order valence-corrected chi connectivity index (χ2v) is 9.23. The average Bonchev–Trinajstić information content (AvgIpc) is 3.47. The van der Waals surface area contributed by atoms with E-state index in [4.69, 9.17) is 9.47 Å². The van der Waals surface area contributed by atoms with Crippen LogP contribution in [-0.2, 0) is 13.1 Å². The first-order chi connectivity index (χ1) is 15.2. The molecule has 0 saturated carbocycles. The molecule has 0 aliphatic carbocycles. The van der Waals surface area contributed by atoms with E-state index in [2.05, 4.69) is 11.0 Å². The molecule has 4 aliphatic heterocycles. The van der Waals surface area contributed by atoms with Gasteiger partial charge in [0.2, 0.25) is 6.79 Å². The number of amides is 1. The van der Waals surface area contributed by atoms with Gasteiger partial charge in [-0.3, -0.25) is 14.5 Å². The molecule has 7 nitrogen and oxygen atoms in total. The van der Waals surface area contributed by atoms with E-state index in [0.717, 1.165) is 37.3 Å². The van der Waals surface area contributed by atoms with Crippen molar-refractivity contribution in [2.24, 2.45) is 5.92 Å². The maximum absolute atomic E-state index is 13.3. The van der Waals surface area contributed by atoms with Gasteiger partial charge in [-0.25, -0.2) is 0 Å². The smallest absolute Gasteiger partial charge is 0.257 e. The van der Waals surface area contributed by atoms with Crippen molar-refractivity contribution < 1.29 is 14.3 Å². The lowest BCUT2D eigenvalue weighted by molar-refractivity contribution is 0.0590. The second kappa shape index (κ2) is 7.41. The third-order valence-electron chi connectivity index (χ3n) is 7.19. The molecule has 162 valence electrons. The van der Waals surface area contributed by atoms with Gasteiger partial charge in [0.25, 0.3) is 11.5 Å². The number of carbonyl (C=O) groups is 1. The molecule has 5 heterocycles. The predicted octanol–water partition coefficient (Wildman–Crippen LogP) is 2.43. The molecule has 1 amide bonds. The Labute approximate surface area is 181 Å². The van der Waals surface area contributed by atoms with Crippen molar-refractivity contribution >= 4 is 5.91 Å². The molecule has 1 aromatic heterocycles. The van der Waals surface area contributed by atoms with Crippen molar-refractivity contribution in [3.05, 3.63) is 57.5 Å². The molecular weight excluding hydrogens is 394 g/mol. The first kappa shape index (κ1) is 18.9. The van der Waals surface area contributed by atoms with E-state index in [0.29, 0.717) is 42.6 Å². The highest BCUT2D eigenvalue weighted by Crippen LogP contribution is 2.39. The number of aromatic nitrogens is 1. The summed E-state index contributed by atoms with van der Waals surface area (Å²) in [6, 6.07) is 9.61. The number of pyridine rings is 1. The highest BCUT2D eigenvalue weighted by Gasteiger charge is 2.38. The number of para-hydroxylation sites is 1. The van der Waals surface area contributed by atoms with E-state index in [9.17, 15) is 9.59 Å². The van der Waals surface area contributed by atoms with Crippen LogP contribution >= 0.6 is 0 Å². The number of hydrogen-bond acceptors (Lipinski definition) is 5. The highest BCUT2D eigenvalue weighted by atomic mass is 16.7. The quantitative estimate of drug-likeness (QED) is 0.762. The standard InChI is InChI=1S/C24H27N3O4/c28-23-17(13-25-8-1-2-9-25)6-7-20-18-10-16(12-27(20)23)11-26(14-18)24(29)19-4-3-5-21-22(19)31-15-30-21/h3-7,16,18H,1-2,8-15H2/t16-,18+/m0/s1. The summed E-state index contributed by atoms with van der Waals surface area (Å²) in [7, 11) is 0. The molecule has 0 spiro atoms. The molecule has 0 unspecified atom stereocenters. The molecule has 4 aliphatic rings. The normalized spacial score (nSPS) is 24.3. The zero-order chi connectivity index (χ0) is 20.9. The third kappa shape index (κ3) is 3.22. The number of benzene rings is 1. The fraction of sp³-hybridized carbons (Fsp3) is 0.500. The largest absolute Gasteiger partial charge is 0.454 e. The number of piperidine rings is 1. The second-order valence-electron chi connectivity index (χ2n) is 9.23. The minimum absolute atomic E-state index is 0.0153. The number of nitrogens with zero attached hydrogens (tertiary/aromatic N) is 3. The third-order valence-corrected chi connectivity index (χ3v) is 7.19. The lowest BCUT2D eigenvalue weighted by atomic mass is 9.82. The molecule has 2 saturated heterocycles. The van der Waals surface area contributed by atoms with Gasteiger partial charge >= 0.3 is 0 Å². The van der Waals surface area contributed by atoms with Crippen LogP contribution in [0.15, 0.2) is 35.1 Å². The Kier molecular flexibility index (Phi) is 4.52. The van der Waals surface area contributed by atoms with E-state index in [1.165, 1.54) is 12.8 Å². The maximum Gasteiger partial charge on any atom is 0.257 e. The molecule has 2 aromatic rings. The van der Waals surface area contributed by atoms with Gasteiger partial charge in [0.1, 0.15) is 0 Å². The molecule has 1 aromatic carbocycles. The topological polar surface area (TPSA) is 64.0 Å². The molecule has 0 N–H and O–H groups in total. The number of hydrogen-bond donors (Lipinski definition) is 0. The summed E-state index contributed by atoms with van der Waals surface area (Å²) in [6.07, 6.45) is 3.48. The predicted molar refractivity (Wildman–Crippen MR) is 115 cm³/mol. The van der Waals surface area contributed by atoms with Crippen LogP contribution < -0.4 is 15.0 Å². The van der Waals surface area contributed by atoms with Crippen LogP contribution in [0.25, 0.3) is 0 Å². The highest BCUT2D eigenvalue weighted by molar-refractivity contribution is 5.98. The Hall–Kier alpha value is -2.80. The molecule has 6 rings (SSSR count). The number of fused-ring (bicyclic) bond motifs is 5. The van der Waals surface area contributed by atoms with Crippen molar-refractivity contribution in [3.63, 3.8) is 0 Å². The molecule has 0 radical (unpaired) electrons. The SMILES string of the molecule is O=C(c1cccc2c1OCO2)N1C[C@@H]2C[C@H](C1)c1ccc(CN3CCCC3)c(=O)n1C2. The summed E-state index contributed by atoms with van der Waals surface area (Å²) in [4.78, 5) is 30.9. The zero-order valence-corrected chi connectivity index (χ0v) is 17.6. The van der Waals surface area contributed by atoms with Gasteiger partial charge < -0.3 is 18.9 Å². The van der Waals surface area contributed by atoms with Gasteiger partial charge in [-0.05, 0) is 56.5 Å². The minimum Gasteiger partial charge on any atom is -0.454 e. The van der Waals surface area contributed by atoms with Gasteiger partial charge in [-0.15, -0.1) is 0 Å². The van der Waals surface area contributed by atoms with Crippen LogP contribution in [-0.4, -0.2) is 53.2 Å². The van der Waals surface area contributed by atoms with Crippen LogP contribution in [0.3, 0.4) is 0 Å². The van der Waals surface area contributed by atoms with Crippen LogP contribution in [0.5, 0.6) is 11.5 Å². The van der Waals surface area contributed by atoms with Gasteiger partial charge in [-0.1, -0.05) is 12.1 Å². The number of ether oxygens (including phenoxy) is 2. The Morgan fingerprint density at radius 1 is 1.03 bits per heavy atom. The van der Waals surface area contributed by atoms with Gasteiger partial charge in [-0.2, -0.15) is 0 Å². The summed E-state index contributed by atoms with van der Waals surface area (Å²) < 4.78 is 13.0. The van der Waals surface area contributed by atoms with E-state index >= 15 is 0 Å². The average molecular weight is 421 g/mol. The summed E-state index contributed by atoms with van der Waals surface area (Å²) in [5.74, 6) is 1.65. The molecule has 2 bridgehead atoms. The molecule has 2 atom stereocenters. The van der Waals surface area contributed by atoms with Crippen molar-refractivity contribution in [2.45, 2.75) is 38.3 Å². The van der Waals surface area contributed by atoms with Crippen LogP contribution in [0.2, 0.25) is 0 Å². The molecular formula is C24H27N3O4. The van der Waals surface area contributed by atoms with E-state index < -0.39 is 0 Å². The summed E-state index contributed by atoms with van der Waals surface area (Å²) in [5, 5.41) is 0. The number of rotatable bonds is 3. The Morgan fingerprint density at radius 2 is 1.90 bits per heavy atom. The van der Waals surface area contributed by atoms with Gasteiger partial charge in [0.15, 0.2) is 11.5 Å². The first-order valence-corrected chi connectivity index (χ1v) is 11.3. The van der Waals surface area contributed by atoms with E-state index in [1.54, 1.807) is 0 Å². The fourth-order valence-electron chi connectivity index (χ4n) is 5.73. The molecule has 7 heteroatoms. The van der Waals surface area contributed by atoms with Crippen LogP contribution in [0.1, 0.15) is 46.8 Å². The van der Waals surface area contributed by atoms with E-state index in [1.807, 2.05) is 33.7 Å². The maximum atomic E-state index is 13.3. The molecule has 31 heavy (non-hydrogen) atoms. The lowest BCUT2D eigenvalue weighted by Crippen LogP contribution is -2.49.